The highest BCUT2D eigenvalue weighted by atomic mass is 19.1. The van der Waals surface area contributed by atoms with E-state index in [4.69, 9.17) is 5.73 Å². The van der Waals surface area contributed by atoms with Crippen molar-refractivity contribution in [2.45, 2.75) is 32.6 Å². The Morgan fingerprint density at radius 2 is 1.92 bits per heavy atom. The molecule has 0 spiro atoms. The number of hydrogen-bond acceptors (Lipinski definition) is 1. The highest BCUT2D eigenvalue weighted by Crippen LogP contribution is 2.34. The highest BCUT2D eigenvalue weighted by molar-refractivity contribution is 5.93. The van der Waals surface area contributed by atoms with Crippen molar-refractivity contribution in [1.82, 2.24) is 4.98 Å². The smallest absolute Gasteiger partial charge is 0.135 e. The van der Waals surface area contributed by atoms with Crippen LogP contribution in [-0.4, -0.2) is 11.5 Å². The van der Waals surface area contributed by atoms with E-state index in [1.807, 2.05) is 6.07 Å². The van der Waals surface area contributed by atoms with Gasteiger partial charge >= 0.3 is 0 Å². The van der Waals surface area contributed by atoms with Crippen molar-refractivity contribution in [2.24, 2.45) is 5.73 Å². The Labute approximate surface area is 140 Å². The topological polar surface area (TPSA) is 41.8 Å². The van der Waals surface area contributed by atoms with Gasteiger partial charge in [0.2, 0.25) is 0 Å². The molecule has 3 rings (SSSR count). The second-order valence-corrected chi connectivity index (χ2v) is 6.04. The van der Waals surface area contributed by atoms with E-state index >= 15 is 0 Å². The number of unbranched alkanes of at least 4 members (excludes halogenated alkanes) is 1. The van der Waals surface area contributed by atoms with Crippen LogP contribution in [-0.2, 0) is 12.8 Å². The van der Waals surface area contributed by atoms with E-state index in [0.29, 0.717) is 12.1 Å². The molecule has 0 fully saturated rings. The van der Waals surface area contributed by atoms with Crippen LogP contribution in [0.2, 0.25) is 0 Å². The number of aromatic amines is 1. The molecule has 0 saturated carbocycles. The van der Waals surface area contributed by atoms with Gasteiger partial charge in [-0.05, 0) is 55.5 Å². The Balaban J connectivity index is 2.19. The third-order valence-electron chi connectivity index (χ3n) is 4.49. The van der Waals surface area contributed by atoms with E-state index in [-0.39, 0.29) is 0 Å². The summed E-state index contributed by atoms with van der Waals surface area (Å²) in [6, 6.07) is 9.92. The number of hydrogen-bond donors (Lipinski definition) is 2. The summed E-state index contributed by atoms with van der Waals surface area (Å²) < 4.78 is 27.6. The first-order valence-corrected chi connectivity index (χ1v) is 8.43. The van der Waals surface area contributed by atoms with Gasteiger partial charge in [0.15, 0.2) is 0 Å². The lowest BCUT2D eigenvalue weighted by Gasteiger charge is -2.06. The van der Waals surface area contributed by atoms with Crippen LogP contribution >= 0.6 is 0 Å². The SMILES string of the molecule is CCc1cccc2c(CCCCN)c(-c3ccc(F)cc3F)[nH]c12. The van der Waals surface area contributed by atoms with Gasteiger partial charge in [0, 0.05) is 22.5 Å². The largest absolute Gasteiger partial charge is 0.354 e. The molecule has 1 aromatic heterocycles. The number of H-pyrrole nitrogens is 1. The van der Waals surface area contributed by atoms with Crippen LogP contribution in [0.5, 0.6) is 0 Å². The fourth-order valence-corrected chi connectivity index (χ4v) is 3.26. The Bertz CT molecular complexity index is 852. The fraction of sp³-hybridized carbons (Fsp3) is 0.300. The Kier molecular flexibility index (Phi) is 4.95. The standard InChI is InChI=1S/C20H22F2N2/c1-2-13-6-5-8-15-16(7-3-4-11-23)20(24-19(13)15)17-10-9-14(21)12-18(17)22/h5-6,8-10,12,24H,2-4,7,11,23H2,1H3. The number of para-hydroxylation sites is 1. The zero-order chi connectivity index (χ0) is 17.1. The molecule has 0 aliphatic rings. The number of rotatable bonds is 6. The Morgan fingerprint density at radius 1 is 1.08 bits per heavy atom. The minimum Gasteiger partial charge on any atom is -0.354 e. The molecule has 126 valence electrons. The molecule has 0 atom stereocenters. The van der Waals surface area contributed by atoms with Crippen LogP contribution in [0.15, 0.2) is 36.4 Å². The minimum atomic E-state index is -0.564. The molecule has 0 saturated heterocycles. The molecule has 24 heavy (non-hydrogen) atoms. The van der Waals surface area contributed by atoms with Gasteiger partial charge in [-0.2, -0.15) is 0 Å². The summed E-state index contributed by atoms with van der Waals surface area (Å²) in [6.45, 7) is 2.74. The first-order chi connectivity index (χ1) is 11.7. The molecule has 2 aromatic carbocycles. The monoisotopic (exact) mass is 328 g/mol. The fourth-order valence-electron chi connectivity index (χ4n) is 3.26. The third-order valence-corrected chi connectivity index (χ3v) is 4.49. The van der Waals surface area contributed by atoms with Crippen LogP contribution < -0.4 is 5.73 Å². The van der Waals surface area contributed by atoms with Gasteiger partial charge in [0.1, 0.15) is 11.6 Å². The quantitative estimate of drug-likeness (QED) is 0.617. The molecule has 0 unspecified atom stereocenters. The number of aryl methyl sites for hydroxylation is 2. The Hall–Kier alpha value is -2.20. The summed E-state index contributed by atoms with van der Waals surface area (Å²) in [5, 5.41) is 1.12. The third kappa shape index (κ3) is 3.06. The van der Waals surface area contributed by atoms with E-state index in [0.717, 1.165) is 53.9 Å². The average molecular weight is 328 g/mol. The number of benzene rings is 2. The summed E-state index contributed by atoms with van der Waals surface area (Å²) in [7, 11) is 0. The minimum absolute atomic E-state index is 0.414. The molecule has 3 aromatic rings. The van der Waals surface area contributed by atoms with Crippen LogP contribution in [0.3, 0.4) is 0 Å². The van der Waals surface area contributed by atoms with Crippen molar-refractivity contribution in [3.8, 4) is 11.3 Å². The van der Waals surface area contributed by atoms with Gasteiger partial charge in [-0.1, -0.05) is 25.1 Å². The van der Waals surface area contributed by atoms with Gasteiger partial charge in [-0.15, -0.1) is 0 Å². The summed E-state index contributed by atoms with van der Waals surface area (Å²) in [5.41, 5.74) is 10.1. The predicted octanol–water partition coefficient (Wildman–Crippen LogP) is 4.96. The van der Waals surface area contributed by atoms with Gasteiger partial charge in [0.05, 0.1) is 5.69 Å². The Morgan fingerprint density at radius 3 is 2.62 bits per heavy atom. The van der Waals surface area contributed by atoms with Crippen molar-refractivity contribution in [2.75, 3.05) is 6.54 Å². The lowest BCUT2D eigenvalue weighted by Crippen LogP contribution is -1.99. The summed E-state index contributed by atoms with van der Waals surface area (Å²) in [5.74, 6) is -1.11. The maximum absolute atomic E-state index is 14.3. The predicted molar refractivity (Wildman–Crippen MR) is 95.0 cm³/mol. The number of nitrogens with two attached hydrogens (primary N) is 1. The molecule has 0 radical (unpaired) electrons. The van der Waals surface area contributed by atoms with E-state index in [9.17, 15) is 8.78 Å². The molecule has 4 heteroatoms. The first-order valence-electron chi connectivity index (χ1n) is 8.43. The lowest BCUT2D eigenvalue weighted by molar-refractivity contribution is 0.585. The van der Waals surface area contributed by atoms with Gasteiger partial charge in [0.25, 0.3) is 0 Å². The van der Waals surface area contributed by atoms with Crippen LogP contribution in [0, 0.1) is 11.6 Å². The number of halogens is 2. The van der Waals surface area contributed by atoms with Gasteiger partial charge in [-0.3, -0.25) is 0 Å². The zero-order valence-corrected chi connectivity index (χ0v) is 13.8. The molecule has 3 N–H and O–H groups in total. The van der Waals surface area contributed by atoms with E-state index in [1.54, 1.807) is 0 Å². The van der Waals surface area contributed by atoms with Gasteiger partial charge in [-0.25, -0.2) is 8.78 Å². The van der Waals surface area contributed by atoms with E-state index in [1.165, 1.54) is 17.7 Å². The molecular formula is C20H22F2N2. The molecule has 0 bridgehead atoms. The number of fused-ring (bicyclic) bond motifs is 1. The van der Waals surface area contributed by atoms with Crippen LogP contribution in [0.25, 0.3) is 22.2 Å². The second kappa shape index (κ2) is 7.14. The second-order valence-electron chi connectivity index (χ2n) is 6.04. The van der Waals surface area contributed by atoms with Crippen molar-refractivity contribution in [3.05, 3.63) is 59.2 Å². The zero-order valence-electron chi connectivity index (χ0n) is 13.8. The van der Waals surface area contributed by atoms with Crippen molar-refractivity contribution in [1.29, 1.82) is 0 Å². The maximum Gasteiger partial charge on any atom is 0.135 e. The summed E-state index contributed by atoms with van der Waals surface area (Å²) >= 11 is 0. The molecule has 0 amide bonds. The average Bonchev–Trinajstić information content (AvgIpc) is 2.93. The van der Waals surface area contributed by atoms with E-state index < -0.39 is 11.6 Å². The molecule has 0 aliphatic heterocycles. The van der Waals surface area contributed by atoms with E-state index in [2.05, 4.69) is 24.0 Å². The summed E-state index contributed by atoms with van der Waals surface area (Å²) in [4.78, 5) is 3.39. The van der Waals surface area contributed by atoms with Crippen LogP contribution in [0.1, 0.15) is 30.9 Å². The molecule has 2 nitrogen and oxygen atoms in total. The number of aromatic nitrogens is 1. The van der Waals surface area contributed by atoms with Gasteiger partial charge < -0.3 is 10.7 Å². The van der Waals surface area contributed by atoms with Crippen molar-refractivity contribution >= 4 is 10.9 Å². The maximum atomic E-state index is 14.3. The number of nitrogens with one attached hydrogen (secondary N) is 1. The summed E-state index contributed by atoms with van der Waals surface area (Å²) in [6.07, 6.45) is 3.57. The lowest BCUT2D eigenvalue weighted by atomic mass is 9.99. The molecule has 1 heterocycles. The first kappa shape index (κ1) is 16.7. The normalized spacial score (nSPS) is 11.3. The van der Waals surface area contributed by atoms with Crippen LogP contribution in [0.4, 0.5) is 8.78 Å². The molecular weight excluding hydrogens is 306 g/mol. The van der Waals surface area contributed by atoms with Crippen molar-refractivity contribution in [3.63, 3.8) is 0 Å². The highest BCUT2D eigenvalue weighted by Gasteiger charge is 2.17. The molecule has 0 aliphatic carbocycles. The van der Waals surface area contributed by atoms with Crippen molar-refractivity contribution < 1.29 is 8.78 Å².